The lowest BCUT2D eigenvalue weighted by Gasteiger charge is -2.39. The Morgan fingerprint density at radius 3 is 2.33 bits per heavy atom. The largest absolute Gasteiger partial charge is 0.370 e. The molecule has 2 atom stereocenters. The molecule has 0 aromatic carbocycles. The van der Waals surface area contributed by atoms with Crippen LogP contribution in [-0.4, -0.2) is 29.4 Å². The molecule has 2 N–H and O–H groups in total. The van der Waals surface area contributed by atoms with Gasteiger partial charge in [-0.15, -0.1) is 0 Å². The van der Waals surface area contributed by atoms with Gasteiger partial charge in [0.05, 0.1) is 0 Å². The van der Waals surface area contributed by atoms with Crippen molar-refractivity contribution in [3.63, 3.8) is 0 Å². The summed E-state index contributed by atoms with van der Waals surface area (Å²) in [5, 5.41) is 0. The van der Waals surface area contributed by atoms with Crippen molar-refractivity contribution in [3.8, 4) is 0 Å². The third kappa shape index (κ3) is 1.57. The molecule has 2 heterocycles. The number of carbonyl (C=O) groups is 1. The number of rotatable bonds is 3. The van der Waals surface area contributed by atoms with Crippen molar-refractivity contribution in [2.75, 3.05) is 13.1 Å². The first-order valence-corrected chi connectivity index (χ1v) is 6.10. The molecule has 2 unspecified atom stereocenters. The normalized spacial score (nSPS) is 40.7. The van der Waals surface area contributed by atoms with Gasteiger partial charge in [0.1, 0.15) is 0 Å². The van der Waals surface area contributed by atoms with Crippen molar-refractivity contribution >= 4 is 5.91 Å². The molecule has 0 spiro atoms. The predicted octanol–water partition coefficient (Wildman–Crippen LogP) is 1.37. The summed E-state index contributed by atoms with van der Waals surface area (Å²) in [5.74, 6) is 1.28. The van der Waals surface area contributed by atoms with E-state index in [1.165, 1.54) is 25.9 Å². The van der Waals surface area contributed by atoms with Gasteiger partial charge in [0.25, 0.3) is 0 Å². The molecule has 2 aliphatic heterocycles. The van der Waals surface area contributed by atoms with Gasteiger partial charge in [-0.1, -0.05) is 13.8 Å². The van der Waals surface area contributed by atoms with E-state index in [2.05, 4.69) is 18.7 Å². The number of primary amides is 1. The van der Waals surface area contributed by atoms with E-state index in [9.17, 15) is 4.79 Å². The third-order valence-electron chi connectivity index (χ3n) is 4.73. The van der Waals surface area contributed by atoms with Crippen LogP contribution in [0, 0.1) is 11.8 Å². The summed E-state index contributed by atoms with van der Waals surface area (Å²) < 4.78 is 0. The molecule has 0 saturated carbocycles. The lowest BCUT2D eigenvalue weighted by Crippen LogP contribution is -2.46. The fourth-order valence-corrected chi connectivity index (χ4v) is 3.81. The van der Waals surface area contributed by atoms with Gasteiger partial charge in [-0.25, -0.2) is 0 Å². The van der Waals surface area contributed by atoms with Crippen LogP contribution in [-0.2, 0) is 4.79 Å². The highest BCUT2D eigenvalue weighted by Crippen LogP contribution is 2.49. The summed E-state index contributed by atoms with van der Waals surface area (Å²) in [6.07, 6.45) is 4.07. The van der Waals surface area contributed by atoms with Crippen molar-refractivity contribution in [1.29, 1.82) is 0 Å². The number of carbonyl (C=O) groups excluding carboxylic acids is 1. The third-order valence-corrected chi connectivity index (χ3v) is 4.73. The molecule has 0 radical (unpaired) electrons. The highest BCUT2D eigenvalue weighted by Gasteiger charge is 2.52. The molecule has 2 saturated heterocycles. The van der Waals surface area contributed by atoms with Crippen LogP contribution in [0.1, 0.15) is 39.5 Å². The van der Waals surface area contributed by atoms with E-state index in [0.29, 0.717) is 18.3 Å². The van der Waals surface area contributed by atoms with Crippen LogP contribution >= 0.6 is 0 Å². The molecule has 0 bridgehead atoms. The zero-order valence-corrected chi connectivity index (χ0v) is 9.83. The Bertz CT molecular complexity index is 250. The Kier molecular flexibility index (Phi) is 2.75. The van der Waals surface area contributed by atoms with E-state index in [0.717, 1.165) is 6.42 Å². The Hall–Kier alpha value is -0.570. The minimum Gasteiger partial charge on any atom is -0.370 e. The highest BCUT2D eigenvalue weighted by molar-refractivity contribution is 5.73. The molecule has 2 rings (SSSR count). The topological polar surface area (TPSA) is 46.3 Å². The summed E-state index contributed by atoms with van der Waals surface area (Å²) in [7, 11) is 0. The molecular weight excluding hydrogens is 188 g/mol. The van der Waals surface area contributed by atoms with Crippen LogP contribution in [0.5, 0.6) is 0 Å². The van der Waals surface area contributed by atoms with Gasteiger partial charge < -0.3 is 5.73 Å². The first-order valence-electron chi connectivity index (χ1n) is 6.10. The molecule has 86 valence electrons. The maximum absolute atomic E-state index is 11.0. The highest BCUT2D eigenvalue weighted by atomic mass is 16.1. The van der Waals surface area contributed by atoms with Gasteiger partial charge >= 0.3 is 0 Å². The summed E-state index contributed by atoms with van der Waals surface area (Å²) in [6.45, 7) is 7.10. The summed E-state index contributed by atoms with van der Waals surface area (Å²) in [5.41, 5.74) is 5.57. The standard InChI is InChI=1S/C12H22N2O/c1-9-4-7-14-8-5-10(2)12(9,14)6-3-11(13)15/h9-10H,3-8H2,1-2H3,(H2,13,15). The number of nitrogens with two attached hydrogens (primary N) is 1. The van der Waals surface area contributed by atoms with Crippen LogP contribution in [0.3, 0.4) is 0 Å². The molecule has 3 heteroatoms. The number of amides is 1. The molecule has 0 aromatic heterocycles. The molecule has 3 nitrogen and oxygen atoms in total. The van der Waals surface area contributed by atoms with E-state index < -0.39 is 0 Å². The van der Waals surface area contributed by atoms with E-state index in [1.54, 1.807) is 0 Å². The average molecular weight is 210 g/mol. The molecule has 15 heavy (non-hydrogen) atoms. The van der Waals surface area contributed by atoms with Crippen molar-refractivity contribution in [1.82, 2.24) is 4.90 Å². The van der Waals surface area contributed by atoms with Gasteiger partial charge in [-0.3, -0.25) is 9.69 Å². The number of hydrogen-bond donors (Lipinski definition) is 1. The number of fused-ring (bicyclic) bond motifs is 1. The first-order chi connectivity index (χ1) is 7.07. The van der Waals surface area contributed by atoms with Crippen LogP contribution in [0.2, 0.25) is 0 Å². The molecule has 0 aromatic rings. The quantitative estimate of drug-likeness (QED) is 0.764. The minimum atomic E-state index is -0.150. The zero-order chi connectivity index (χ0) is 11.1. The van der Waals surface area contributed by atoms with Gasteiger partial charge in [0.2, 0.25) is 5.91 Å². The lowest BCUT2D eigenvalue weighted by atomic mass is 9.74. The average Bonchev–Trinajstić information content (AvgIpc) is 2.65. The van der Waals surface area contributed by atoms with Gasteiger partial charge in [0, 0.05) is 12.0 Å². The Morgan fingerprint density at radius 2 is 1.87 bits per heavy atom. The molecule has 1 amide bonds. The van der Waals surface area contributed by atoms with E-state index in [1.807, 2.05) is 0 Å². The van der Waals surface area contributed by atoms with Crippen LogP contribution in [0.15, 0.2) is 0 Å². The predicted molar refractivity (Wildman–Crippen MR) is 60.3 cm³/mol. The lowest BCUT2D eigenvalue weighted by molar-refractivity contribution is -0.118. The Balaban J connectivity index is 2.15. The van der Waals surface area contributed by atoms with Crippen LogP contribution in [0.4, 0.5) is 0 Å². The van der Waals surface area contributed by atoms with Gasteiger partial charge in [0.15, 0.2) is 0 Å². The van der Waals surface area contributed by atoms with E-state index in [-0.39, 0.29) is 11.4 Å². The second kappa shape index (κ2) is 3.78. The Labute approximate surface area is 92.0 Å². The number of hydrogen-bond acceptors (Lipinski definition) is 2. The molecule has 0 aliphatic carbocycles. The van der Waals surface area contributed by atoms with Crippen molar-refractivity contribution in [2.24, 2.45) is 17.6 Å². The smallest absolute Gasteiger partial charge is 0.217 e. The first kappa shape index (κ1) is 10.9. The fraction of sp³-hybridized carbons (Fsp3) is 0.917. The fourth-order valence-electron chi connectivity index (χ4n) is 3.81. The monoisotopic (exact) mass is 210 g/mol. The van der Waals surface area contributed by atoms with Gasteiger partial charge in [-0.2, -0.15) is 0 Å². The van der Waals surface area contributed by atoms with Crippen molar-refractivity contribution in [2.45, 2.75) is 45.1 Å². The summed E-state index contributed by atoms with van der Waals surface area (Å²) in [6, 6.07) is 0. The maximum Gasteiger partial charge on any atom is 0.217 e. The number of nitrogens with zero attached hydrogens (tertiary/aromatic N) is 1. The Morgan fingerprint density at radius 1 is 1.33 bits per heavy atom. The molecular formula is C12H22N2O. The maximum atomic E-state index is 11.0. The van der Waals surface area contributed by atoms with Crippen LogP contribution in [0.25, 0.3) is 0 Å². The van der Waals surface area contributed by atoms with E-state index in [4.69, 9.17) is 5.73 Å². The SMILES string of the molecule is CC1CCN2CCC(C)C12CCC(N)=O. The summed E-state index contributed by atoms with van der Waals surface area (Å²) in [4.78, 5) is 13.6. The van der Waals surface area contributed by atoms with Crippen molar-refractivity contribution in [3.05, 3.63) is 0 Å². The second-order valence-corrected chi connectivity index (χ2v) is 5.32. The zero-order valence-electron chi connectivity index (χ0n) is 9.83. The summed E-state index contributed by atoms with van der Waals surface area (Å²) >= 11 is 0. The molecule has 2 aliphatic rings. The van der Waals surface area contributed by atoms with Crippen LogP contribution < -0.4 is 5.73 Å². The minimum absolute atomic E-state index is 0.150. The van der Waals surface area contributed by atoms with Gasteiger partial charge in [-0.05, 0) is 44.2 Å². The van der Waals surface area contributed by atoms with E-state index >= 15 is 0 Å². The van der Waals surface area contributed by atoms with Crippen molar-refractivity contribution < 1.29 is 4.79 Å². The molecule has 2 fully saturated rings. The second-order valence-electron chi connectivity index (χ2n) is 5.32.